The predicted octanol–water partition coefficient (Wildman–Crippen LogP) is 3.10. The van der Waals surface area contributed by atoms with Crippen LogP contribution in [0.25, 0.3) is 22.0 Å². The number of aromatic nitrogens is 3. The number of carbonyl (C=O) groups is 1. The molecule has 1 saturated heterocycles. The van der Waals surface area contributed by atoms with Crippen LogP contribution in [0.4, 0.5) is 4.39 Å². The molecule has 1 aliphatic heterocycles. The number of imidazole rings is 1. The molecule has 140 valence electrons. The van der Waals surface area contributed by atoms with Crippen molar-refractivity contribution in [3.05, 3.63) is 48.2 Å². The van der Waals surface area contributed by atoms with Gasteiger partial charge in [0.2, 0.25) is 0 Å². The Morgan fingerprint density at radius 1 is 1.22 bits per heavy atom. The first kappa shape index (κ1) is 17.8. The van der Waals surface area contributed by atoms with Crippen molar-refractivity contribution >= 4 is 16.6 Å². The average molecular weight is 366 g/mol. The number of rotatable bonds is 5. The van der Waals surface area contributed by atoms with Gasteiger partial charge < -0.3 is 4.57 Å². The monoisotopic (exact) mass is 366 g/mol. The number of ketones is 1. The van der Waals surface area contributed by atoms with Gasteiger partial charge in [-0.3, -0.25) is 14.7 Å². The Balaban J connectivity index is 1.54. The Kier molecular flexibility index (Phi) is 4.74. The van der Waals surface area contributed by atoms with Crippen molar-refractivity contribution in [2.45, 2.75) is 25.9 Å². The largest absolute Gasteiger partial charge is 0.331 e. The normalized spacial score (nSPS) is 17.7. The first-order valence-corrected chi connectivity index (χ1v) is 9.25. The summed E-state index contributed by atoms with van der Waals surface area (Å²) in [6, 6.07) is 8.18. The molecule has 2 aromatic heterocycles. The van der Waals surface area contributed by atoms with Crippen LogP contribution in [0, 0.1) is 6.92 Å². The summed E-state index contributed by atoms with van der Waals surface area (Å²) in [5, 5.41) is 2.09. The summed E-state index contributed by atoms with van der Waals surface area (Å²) >= 11 is 0. The number of hydrogen-bond donors (Lipinski definition) is 0. The van der Waals surface area contributed by atoms with E-state index >= 15 is 0 Å². The fourth-order valence-corrected chi connectivity index (χ4v) is 3.65. The molecule has 0 N–H and O–H groups in total. The summed E-state index contributed by atoms with van der Waals surface area (Å²) in [4.78, 5) is 23.0. The number of hydrogen-bond acceptors (Lipinski definition) is 4. The molecule has 6 heteroatoms. The lowest BCUT2D eigenvalue weighted by molar-refractivity contribution is -0.119. The van der Waals surface area contributed by atoms with Crippen molar-refractivity contribution in [1.29, 1.82) is 0 Å². The second-order valence-electron chi connectivity index (χ2n) is 7.32. The van der Waals surface area contributed by atoms with Gasteiger partial charge in [0.05, 0.1) is 24.9 Å². The van der Waals surface area contributed by atoms with Crippen molar-refractivity contribution < 1.29 is 9.18 Å². The third-order valence-corrected chi connectivity index (χ3v) is 5.29. The molecular weight excluding hydrogens is 343 g/mol. The Labute approximate surface area is 157 Å². The van der Waals surface area contributed by atoms with Crippen LogP contribution in [0.3, 0.4) is 0 Å². The van der Waals surface area contributed by atoms with Crippen LogP contribution in [-0.4, -0.2) is 51.0 Å². The Bertz CT molecular complexity index is 997. The molecule has 4 rings (SSSR count). The van der Waals surface area contributed by atoms with Crippen LogP contribution in [-0.2, 0) is 18.3 Å². The van der Waals surface area contributed by atoms with Gasteiger partial charge in [-0.2, -0.15) is 0 Å². The van der Waals surface area contributed by atoms with Crippen LogP contribution < -0.4 is 0 Å². The van der Waals surface area contributed by atoms with E-state index in [1.54, 1.807) is 0 Å². The lowest BCUT2D eigenvalue weighted by Gasteiger charge is -2.13. The number of aryl methyl sites for hydroxylation is 1. The van der Waals surface area contributed by atoms with Gasteiger partial charge in [-0.1, -0.05) is 12.1 Å². The minimum atomic E-state index is -0.800. The highest BCUT2D eigenvalue weighted by atomic mass is 19.1. The van der Waals surface area contributed by atoms with E-state index in [0.717, 1.165) is 33.5 Å². The number of fused-ring (bicyclic) bond motifs is 1. The highest BCUT2D eigenvalue weighted by molar-refractivity contribution is 5.88. The molecule has 1 aromatic carbocycles. The Morgan fingerprint density at radius 3 is 2.78 bits per heavy atom. The quantitative estimate of drug-likeness (QED) is 0.696. The SMILES string of the molecule is Cc1ncc(-c2ccc3cnc(CC(=O)CN4CC[C@H](F)C4)cc3c2)n1C. The van der Waals surface area contributed by atoms with Crippen molar-refractivity contribution in [3.8, 4) is 11.3 Å². The highest BCUT2D eigenvalue weighted by Gasteiger charge is 2.23. The zero-order chi connectivity index (χ0) is 19.0. The maximum atomic E-state index is 13.3. The fourth-order valence-electron chi connectivity index (χ4n) is 3.65. The number of benzene rings is 1. The van der Waals surface area contributed by atoms with Gasteiger partial charge in [0.15, 0.2) is 5.78 Å². The standard InChI is InChI=1S/C21H23FN4O/c1-14-23-11-21(25(14)2)15-3-4-16-10-24-19(8-17(16)7-15)9-20(27)13-26-6-5-18(22)12-26/h3-4,7-8,10-11,18H,5-6,9,12-13H2,1-2H3/t18-/m0/s1. The van der Waals surface area contributed by atoms with Crippen LogP contribution >= 0.6 is 0 Å². The zero-order valence-corrected chi connectivity index (χ0v) is 15.7. The molecule has 0 aliphatic carbocycles. The van der Waals surface area contributed by atoms with E-state index in [2.05, 4.69) is 26.7 Å². The molecule has 0 saturated carbocycles. The van der Waals surface area contributed by atoms with Gasteiger partial charge in [-0.25, -0.2) is 9.37 Å². The van der Waals surface area contributed by atoms with Crippen LogP contribution in [0.5, 0.6) is 0 Å². The summed E-state index contributed by atoms with van der Waals surface area (Å²) in [6.45, 7) is 3.30. The second-order valence-corrected chi connectivity index (χ2v) is 7.32. The molecule has 1 atom stereocenters. The molecule has 27 heavy (non-hydrogen) atoms. The minimum Gasteiger partial charge on any atom is -0.331 e. The van der Waals surface area contributed by atoms with Crippen LogP contribution in [0.1, 0.15) is 17.9 Å². The summed E-state index contributed by atoms with van der Waals surface area (Å²) in [7, 11) is 2.00. The van der Waals surface area contributed by atoms with Gasteiger partial charge in [0.25, 0.3) is 0 Å². The van der Waals surface area contributed by atoms with E-state index in [0.29, 0.717) is 26.1 Å². The van der Waals surface area contributed by atoms with E-state index in [1.807, 2.05) is 43.4 Å². The summed E-state index contributed by atoms with van der Waals surface area (Å²) in [5.41, 5.74) is 2.89. The molecule has 0 amide bonds. The maximum absolute atomic E-state index is 13.3. The highest BCUT2D eigenvalue weighted by Crippen LogP contribution is 2.25. The summed E-state index contributed by atoms with van der Waals surface area (Å²) in [6.07, 6.45) is 3.68. The fraction of sp³-hybridized carbons (Fsp3) is 0.381. The Hall–Kier alpha value is -2.60. The summed E-state index contributed by atoms with van der Waals surface area (Å²) in [5.74, 6) is 1.04. The molecule has 3 heterocycles. The average Bonchev–Trinajstić information content (AvgIpc) is 3.20. The minimum absolute atomic E-state index is 0.0781. The van der Waals surface area contributed by atoms with Crippen molar-refractivity contribution in [3.63, 3.8) is 0 Å². The lowest BCUT2D eigenvalue weighted by Crippen LogP contribution is -2.29. The number of pyridine rings is 1. The van der Waals surface area contributed by atoms with Crippen molar-refractivity contribution in [2.75, 3.05) is 19.6 Å². The molecule has 0 unspecified atom stereocenters. The first-order valence-electron chi connectivity index (χ1n) is 9.25. The molecule has 5 nitrogen and oxygen atoms in total. The van der Waals surface area contributed by atoms with E-state index in [1.165, 1.54) is 0 Å². The smallest absolute Gasteiger partial charge is 0.152 e. The number of alkyl halides is 1. The van der Waals surface area contributed by atoms with Gasteiger partial charge in [-0.15, -0.1) is 0 Å². The predicted molar refractivity (Wildman–Crippen MR) is 103 cm³/mol. The third-order valence-electron chi connectivity index (χ3n) is 5.29. The molecule has 1 aliphatic rings. The van der Waals surface area contributed by atoms with Gasteiger partial charge in [0.1, 0.15) is 12.0 Å². The maximum Gasteiger partial charge on any atom is 0.152 e. The van der Waals surface area contributed by atoms with Crippen LogP contribution in [0.15, 0.2) is 36.7 Å². The van der Waals surface area contributed by atoms with Gasteiger partial charge >= 0.3 is 0 Å². The Morgan fingerprint density at radius 2 is 2.07 bits per heavy atom. The molecule has 0 radical (unpaired) electrons. The number of likely N-dealkylation sites (tertiary alicyclic amines) is 1. The molecular formula is C21H23FN4O. The van der Waals surface area contributed by atoms with E-state index in [-0.39, 0.29) is 12.2 Å². The molecule has 0 spiro atoms. The van der Waals surface area contributed by atoms with Gasteiger partial charge in [0, 0.05) is 43.0 Å². The van der Waals surface area contributed by atoms with Gasteiger partial charge in [-0.05, 0) is 30.9 Å². The van der Waals surface area contributed by atoms with E-state index < -0.39 is 6.17 Å². The van der Waals surface area contributed by atoms with Crippen molar-refractivity contribution in [2.24, 2.45) is 7.05 Å². The number of carbonyl (C=O) groups excluding carboxylic acids is 1. The summed E-state index contributed by atoms with van der Waals surface area (Å²) < 4.78 is 15.3. The number of Topliss-reactive ketones (excluding diaryl/α,β-unsaturated/α-hetero) is 1. The molecule has 3 aromatic rings. The lowest BCUT2D eigenvalue weighted by atomic mass is 10.0. The number of nitrogens with zero attached hydrogens (tertiary/aromatic N) is 4. The molecule has 0 bridgehead atoms. The second kappa shape index (κ2) is 7.19. The zero-order valence-electron chi connectivity index (χ0n) is 15.7. The van der Waals surface area contributed by atoms with Crippen molar-refractivity contribution in [1.82, 2.24) is 19.4 Å². The topological polar surface area (TPSA) is 51.0 Å². The molecule has 1 fully saturated rings. The van der Waals surface area contributed by atoms with E-state index in [9.17, 15) is 9.18 Å². The first-order chi connectivity index (χ1) is 13.0. The number of halogens is 1. The van der Waals surface area contributed by atoms with E-state index in [4.69, 9.17) is 0 Å². The third kappa shape index (κ3) is 3.76. The van der Waals surface area contributed by atoms with Crippen LogP contribution in [0.2, 0.25) is 0 Å².